The topological polar surface area (TPSA) is 29.5 Å². The summed E-state index contributed by atoms with van der Waals surface area (Å²) >= 11 is 0. The molecule has 3 nitrogen and oxygen atoms in total. The van der Waals surface area contributed by atoms with Crippen molar-refractivity contribution < 1.29 is 22.8 Å². The third-order valence-corrected chi connectivity index (χ3v) is 2.02. The minimum Gasteiger partial charge on any atom is -0.274 e. The van der Waals surface area contributed by atoms with Crippen LogP contribution in [0.5, 0.6) is 0 Å². The van der Waals surface area contributed by atoms with Crippen LogP contribution >= 0.6 is 0 Å². The number of hydrogen-bond acceptors (Lipinski definition) is 2. The SMILES string of the molecule is CON(C)C(=O)c1ccc(C(F)(F)F)cc1. The number of hydrogen-bond donors (Lipinski definition) is 0. The van der Waals surface area contributed by atoms with Gasteiger partial charge in [-0.3, -0.25) is 9.63 Å². The first-order chi connectivity index (χ1) is 7.36. The molecule has 0 bridgehead atoms. The molecule has 0 spiro atoms. The molecule has 0 atom stereocenters. The summed E-state index contributed by atoms with van der Waals surface area (Å²) < 4.78 is 36.7. The van der Waals surface area contributed by atoms with E-state index in [9.17, 15) is 18.0 Å². The molecule has 1 rings (SSSR count). The highest BCUT2D eigenvalue weighted by Gasteiger charge is 2.30. The number of carbonyl (C=O) groups excluding carboxylic acids is 1. The van der Waals surface area contributed by atoms with E-state index in [0.29, 0.717) is 0 Å². The van der Waals surface area contributed by atoms with Gasteiger partial charge in [-0.05, 0) is 24.3 Å². The fourth-order valence-electron chi connectivity index (χ4n) is 1.07. The Morgan fingerprint density at radius 2 is 1.75 bits per heavy atom. The number of amides is 1. The molecule has 88 valence electrons. The molecule has 0 N–H and O–H groups in total. The van der Waals surface area contributed by atoms with Crippen molar-refractivity contribution in [2.24, 2.45) is 0 Å². The average molecular weight is 233 g/mol. The molecule has 0 saturated heterocycles. The summed E-state index contributed by atoms with van der Waals surface area (Å²) in [4.78, 5) is 16.1. The Morgan fingerprint density at radius 3 is 2.12 bits per heavy atom. The zero-order valence-electron chi connectivity index (χ0n) is 8.71. The normalized spacial score (nSPS) is 11.3. The summed E-state index contributed by atoms with van der Waals surface area (Å²) in [7, 11) is 2.67. The molecule has 0 aliphatic heterocycles. The largest absolute Gasteiger partial charge is 0.416 e. The van der Waals surface area contributed by atoms with Crippen LogP contribution in [0, 0.1) is 0 Å². The number of halogens is 3. The summed E-state index contributed by atoms with van der Waals surface area (Å²) in [6.45, 7) is 0. The first kappa shape index (κ1) is 12.5. The zero-order valence-corrected chi connectivity index (χ0v) is 8.71. The van der Waals surface area contributed by atoms with Gasteiger partial charge in [0.25, 0.3) is 5.91 Å². The van der Waals surface area contributed by atoms with Crippen molar-refractivity contribution in [3.63, 3.8) is 0 Å². The van der Waals surface area contributed by atoms with Gasteiger partial charge in [0.2, 0.25) is 0 Å². The lowest BCUT2D eigenvalue weighted by Gasteiger charge is -2.14. The molecule has 0 aliphatic carbocycles. The van der Waals surface area contributed by atoms with E-state index in [4.69, 9.17) is 0 Å². The van der Waals surface area contributed by atoms with Crippen molar-refractivity contribution in [1.82, 2.24) is 5.06 Å². The second kappa shape index (κ2) is 4.52. The van der Waals surface area contributed by atoms with E-state index in [-0.39, 0.29) is 5.56 Å². The molecule has 0 aliphatic rings. The van der Waals surface area contributed by atoms with Gasteiger partial charge in [-0.25, -0.2) is 5.06 Å². The van der Waals surface area contributed by atoms with E-state index in [1.807, 2.05) is 0 Å². The van der Waals surface area contributed by atoms with Gasteiger partial charge in [0.05, 0.1) is 12.7 Å². The van der Waals surface area contributed by atoms with Crippen LogP contribution < -0.4 is 0 Å². The number of nitrogens with zero attached hydrogens (tertiary/aromatic N) is 1. The second-order valence-electron chi connectivity index (χ2n) is 3.06. The Kier molecular flexibility index (Phi) is 3.54. The highest BCUT2D eigenvalue weighted by atomic mass is 19.4. The predicted octanol–water partition coefficient (Wildman–Crippen LogP) is 2.34. The Morgan fingerprint density at radius 1 is 1.25 bits per heavy atom. The molecule has 0 radical (unpaired) electrons. The molecule has 0 saturated carbocycles. The molecule has 6 heteroatoms. The molecule has 1 aromatic rings. The highest BCUT2D eigenvalue weighted by Crippen LogP contribution is 2.29. The Balaban J connectivity index is 2.91. The third kappa shape index (κ3) is 2.73. The number of rotatable bonds is 2. The lowest BCUT2D eigenvalue weighted by atomic mass is 10.1. The minimum atomic E-state index is -4.39. The fraction of sp³-hybridized carbons (Fsp3) is 0.300. The van der Waals surface area contributed by atoms with Crippen molar-refractivity contribution >= 4 is 5.91 Å². The van der Waals surface area contributed by atoms with Gasteiger partial charge in [-0.1, -0.05) is 0 Å². The van der Waals surface area contributed by atoms with E-state index in [1.54, 1.807) is 0 Å². The Hall–Kier alpha value is -1.56. The molecule has 1 aromatic carbocycles. The number of benzene rings is 1. The van der Waals surface area contributed by atoms with E-state index >= 15 is 0 Å². The van der Waals surface area contributed by atoms with Crippen LogP contribution in [0.4, 0.5) is 13.2 Å². The Bertz CT molecular complexity index is 373. The van der Waals surface area contributed by atoms with Crippen LogP contribution in [-0.4, -0.2) is 25.1 Å². The molecule has 1 amide bonds. The lowest BCUT2D eigenvalue weighted by molar-refractivity contribution is -0.137. The summed E-state index contributed by atoms with van der Waals surface area (Å²) in [5, 5.41) is 0.933. The maximum atomic E-state index is 12.2. The van der Waals surface area contributed by atoms with Gasteiger partial charge in [0.1, 0.15) is 0 Å². The van der Waals surface area contributed by atoms with Crippen molar-refractivity contribution in [3.8, 4) is 0 Å². The maximum Gasteiger partial charge on any atom is 0.416 e. The maximum absolute atomic E-state index is 12.2. The number of alkyl halides is 3. The standard InChI is InChI=1S/C10H10F3NO2/c1-14(16-2)9(15)7-3-5-8(6-4-7)10(11,12)13/h3-6H,1-2H3. The molecule has 0 heterocycles. The van der Waals surface area contributed by atoms with Crippen molar-refractivity contribution in [2.45, 2.75) is 6.18 Å². The smallest absolute Gasteiger partial charge is 0.274 e. The van der Waals surface area contributed by atoms with Crippen molar-refractivity contribution in [1.29, 1.82) is 0 Å². The molecule has 0 fully saturated rings. The van der Waals surface area contributed by atoms with Gasteiger partial charge >= 0.3 is 6.18 Å². The van der Waals surface area contributed by atoms with E-state index < -0.39 is 17.6 Å². The van der Waals surface area contributed by atoms with E-state index in [1.165, 1.54) is 14.2 Å². The molecule has 16 heavy (non-hydrogen) atoms. The van der Waals surface area contributed by atoms with Gasteiger partial charge in [-0.2, -0.15) is 13.2 Å². The zero-order chi connectivity index (χ0) is 12.3. The van der Waals surface area contributed by atoms with Gasteiger partial charge in [0, 0.05) is 12.6 Å². The van der Waals surface area contributed by atoms with E-state index in [2.05, 4.69) is 4.84 Å². The van der Waals surface area contributed by atoms with Crippen LogP contribution in [0.1, 0.15) is 15.9 Å². The van der Waals surface area contributed by atoms with Crippen LogP contribution in [0.25, 0.3) is 0 Å². The summed E-state index contributed by atoms with van der Waals surface area (Å²) in [5.74, 6) is -0.503. The quantitative estimate of drug-likeness (QED) is 0.734. The van der Waals surface area contributed by atoms with Gasteiger partial charge in [-0.15, -0.1) is 0 Å². The van der Waals surface area contributed by atoms with Crippen LogP contribution in [0.3, 0.4) is 0 Å². The molecular weight excluding hydrogens is 223 g/mol. The van der Waals surface area contributed by atoms with Crippen LogP contribution in [0.15, 0.2) is 24.3 Å². The van der Waals surface area contributed by atoms with Crippen LogP contribution in [-0.2, 0) is 11.0 Å². The second-order valence-corrected chi connectivity index (χ2v) is 3.06. The summed E-state index contributed by atoms with van der Waals surface area (Å²) in [6.07, 6.45) is -4.39. The third-order valence-electron chi connectivity index (χ3n) is 2.02. The summed E-state index contributed by atoms with van der Waals surface area (Å²) in [5.41, 5.74) is -0.651. The fourth-order valence-corrected chi connectivity index (χ4v) is 1.07. The summed E-state index contributed by atoms with van der Waals surface area (Å²) in [6, 6.07) is 3.94. The average Bonchev–Trinajstić information content (AvgIpc) is 2.26. The predicted molar refractivity (Wildman–Crippen MR) is 50.5 cm³/mol. The van der Waals surface area contributed by atoms with Gasteiger partial charge in [0.15, 0.2) is 0 Å². The molecule has 0 unspecified atom stereocenters. The van der Waals surface area contributed by atoms with Crippen molar-refractivity contribution in [3.05, 3.63) is 35.4 Å². The highest BCUT2D eigenvalue weighted by molar-refractivity contribution is 5.93. The number of hydroxylamine groups is 2. The first-order valence-electron chi connectivity index (χ1n) is 4.35. The molecule has 0 aromatic heterocycles. The van der Waals surface area contributed by atoms with Crippen molar-refractivity contribution in [2.75, 3.05) is 14.2 Å². The minimum absolute atomic E-state index is 0.136. The van der Waals surface area contributed by atoms with E-state index in [0.717, 1.165) is 29.3 Å². The number of carbonyl (C=O) groups is 1. The first-order valence-corrected chi connectivity index (χ1v) is 4.35. The van der Waals surface area contributed by atoms with Crippen LogP contribution in [0.2, 0.25) is 0 Å². The molecular formula is C10H10F3NO2. The Labute approximate surface area is 90.4 Å². The lowest BCUT2D eigenvalue weighted by Crippen LogP contribution is -2.25. The van der Waals surface area contributed by atoms with Gasteiger partial charge < -0.3 is 0 Å². The monoisotopic (exact) mass is 233 g/mol.